The summed E-state index contributed by atoms with van der Waals surface area (Å²) in [6.07, 6.45) is 0. The van der Waals surface area contributed by atoms with Gasteiger partial charge in [0, 0.05) is 6.54 Å². The molecule has 0 fully saturated rings. The summed E-state index contributed by atoms with van der Waals surface area (Å²) in [6.45, 7) is 1.20. The first kappa shape index (κ1) is 18.9. The number of hydrogen-bond donors (Lipinski definition) is 2. The maximum atomic E-state index is 13.9. The zero-order valence-corrected chi connectivity index (χ0v) is 14.3. The fourth-order valence-electron chi connectivity index (χ4n) is 2.12. The standard InChI is InChI=1S/C17H18FNO5S/c1-12(10-19-25(22,23)14-5-3-2-4-6-14)13-7-8-16(15(18)9-13)24-11-17(20)21/h2-9,12,19H,10-11H2,1H3,(H,20,21). The van der Waals surface area contributed by atoms with Gasteiger partial charge in [-0.05, 0) is 35.7 Å². The second-order valence-corrected chi connectivity index (χ2v) is 7.21. The number of nitrogens with one attached hydrogen (secondary N) is 1. The molecule has 1 unspecified atom stereocenters. The highest BCUT2D eigenvalue weighted by Gasteiger charge is 2.16. The van der Waals surface area contributed by atoms with Gasteiger partial charge in [0.2, 0.25) is 10.0 Å². The van der Waals surface area contributed by atoms with E-state index in [1.807, 2.05) is 0 Å². The van der Waals surface area contributed by atoms with E-state index < -0.39 is 28.4 Å². The van der Waals surface area contributed by atoms with Gasteiger partial charge in [-0.15, -0.1) is 0 Å². The Kier molecular flexibility index (Phi) is 6.11. The molecule has 2 rings (SSSR count). The second-order valence-electron chi connectivity index (χ2n) is 5.44. The Morgan fingerprint density at radius 2 is 1.92 bits per heavy atom. The first-order valence-electron chi connectivity index (χ1n) is 7.48. The number of halogens is 1. The molecule has 2 aromatic rings. The van der Waals surface area contributed by atoms with Crippen LogP contribution in [-0.4, -0.2) is 32.6 Å². The van der Waals surface area contributed by atoms with Crippen LogP contribution in [0.1, 0.15) is 18.4 Å². The van der Waals surface area contributed by atoms with Crippen molar-refractivity contribution < 1.29 is 27.4 Å². The SMILES string of the molecule is CC(CNS(=O)(=O)c1ccccc1)c1ccc(OCC(=O)O)c(F)c1. The van der Waals surface area contributed by atoms with E-state index in [1.54, 1.807) is 31.2 Å². The number of ether oxygens (including phenoxy) is 1. The summed E-state index contributed by atoms with van der Waals surface area (Å²) in [5.74, 6) is -2.35. The molecular weight excluding hydrogens is 349 g/mol. The number of carbonyl (C=O) groups is 1. The van der Waals surface area contributed by atoms with Crippen LogP contribution in [-0.2, 0) is 14.8 Å². The van der Waals surface area contributed by atoms with Crippen molar-refractivity contribution in [3.8, 4) is 5.75 Å². The van der Waals surface area contributed by atoms with Crippen molar-refractivity contribution in [2.24, 2.45) is 0 Å². The normalized spacial score (nSPS) is 12.6. The van der Waals surface area contributed by atoms with E-state index >= 15 is 0 Å². The summed E-state index contributed by atoms with van der Waals surface area (Å²) < 4.78 is 45.6. The largest absolute Gasteiger partial charge is 0.479 e. The maximum Gasteiger partial charge on any atom is 0.341 e. The Bertz CT molecular complexity index is 839. The lowest BCUT2D eigenvalue weighted by Crippen LogP contribution is -2.27. The van der Waals surface area contributed by atoms with Crippen LogP contribution >= 0.6 is 0 Å². The lowest BCUT2D eigenvalue weighted by Gasteiger charge is -2.14. The Labute approximate surface area is 145 Å². The van der Waals surface area contributed by atoms with E-state index in [2.05, 4.69) is 4.72 Å². The lowest BCUT2D eigenvalue weighted by atomic mass is 10.0. The number of aliphatic carboxylic acids is 1. The van der Waals surface area contributed by atoms with E-state index in [0.717, 1.165) is 0 Å². The topological polar surface area (TPSA) is 92.7 Å². The van der Waals surface area contributed by atoms with E-state index in [1.165, 1.54) is 24.3 Å². The van der Waals surface area contributed by atoms with Crippen molar-refractivity contribution >= 4 is 16.0 Å². The fourth-order valence-corrected chi connectivity index (χ4v) is 3.27. The molecule has 8 heteroatoms. The van der Waals surface area contributed by atoms with Gasteiger partial charge in [0.25, 0.3) is 0 Å². The van der Waals surface area contributed by atoms with Crippen molar-refractivity contribution in [1.82, 2.24) is 4.72 Å². The smallest absolute Gasteiger partial charge is 0.341 e. The van der Waals surface area contributed by atoms with Gasteiger partial charge in [-0.25, -0.2) is 22.3 Å². The van der Waals surface area contributed by atoms with Crippen LogP contribution in [0.4, 0.5) is 4.39 Å². The first-order chi connectivity index (χ1) is 11.8. The van der Waals surface area contributed by atoms with Gasteiger partial charge in [0.1, 0.15) is 0 Å². The van der Waals surface area contributed by atoms with E-state index in [-0.39, 0.29) is 23.1 Å². The summed E-state index contributed by atoms with van der Waals surface area (Å²) in [4.78, 5) is 10.6. The zero-order chi connectivity index (χ0) is 18.4. The van der Waals surface area contributed by atoms with Crippen molar-refractivity contribution in [2.45, 2.75) is 17.7 Å². The number of hydrogen-bond acceptors (Lipinski definition) is 4. The predicted molar refractivity (Wildman–Crippen MR) is 89.6 cm³/mol. The number of benzene rings is 2. The first-order valence-corrected chi connectivity index (χ1v) is 8.96. The van der Waals surface area contributed by atoms with Crippen LogP contribution < -0.4 is 9.46 Å². The van der Waals surface area contributed by atoms with Crippen LogP contribution in [0.5, 0.6) is 5.75 Å². The molecule has 0 saturated carbocycles. The zero-order valence-electron chi connectivity index (χ0n) is 13.5. The molecule has 0 radical (unpaired) electrons. The summed E-state index contributed by atoms with van der Waals surface area (Å²) in [7, 11) is -3.63. The highest BCUT2D eigenvalue weighted by atomic mass is 32.2. The minimum absolute atomic E-state index is 0.0893. The molecule has 0 amide bonds. The van der Waals surface area contributed by atoms with Crippen LogP contribution in [0.3, 0.4) is 0 Å². The van der Waals surface area contributed by atoms with Crippen LogP contribution in [0.25, 0.3) is 0 Å². The minimum Gasteiger partial charge on any atom is -0.479 e. The third-order valence-corrected chi connectivity index (χ3v) is 4.95. The minimum atomic E-state index is -3.63. The van der Waals surface area contributed by atoms with Crippen molar-refractivity contribution in [3.63, 3.8) is 0 Å². The van der Waals surface area contributed by atoms with Crippen LogP contribution in [0, 0.1) is 5.82 Å². The van der Waals surface area contributed by atoms with Gasteiger partial charge in [-0.2, -0.15) is 0 Å². The number of carboxylic acids is 1. The third kappa shape index (κ3) is 5.27. The molecule has 1 atom stereocenters. The molecule has 0 aliphatic carbocycles. The van der Waals surface area contributed by atoms with Crippen molar-refractivity contribution in [1.29, 1.82) is 0 Å². The number of carboxylic acid groups (broad SMARTS) is 1. The van der Waals surface area contributed by atoms with Gasteiger partial charge in [0.05, 0.1) is 4.90 Å². The molecule has 0 heterocycles. The molecule has 0 bridgehead atoms. The Balaban J connectivity index is 2.02. The van der Waals surface area contributed by atoms with Crippen molar-refractivity contribution in [3.05, 3.63) is 59.9 Å². The van der Waals surface area contributed by atoms with Gasteiger partial charge in [-0.1, -0.05) is 31.2 Å². The Morgan fingerprint density at radius 3 is 2.52 bits per heavy atom. The van der Waals surface area contributed by atoms with Gasteiger partial charge in [0.15, 0.2) is 18.2 Å². The van der Waals surface area contributed by atoms with E-state index in [4.69, 9.17) is 9.84 Å². The number of sulfonamides is 1. The maximum absolute atomic E-state index is 13.9. The van der Waals surface area contributed by atoms with Crippen LogP contribution in [0.15, 0.2) is 53.4 Å². The van der Waals surface area contributed by atoms with Crippen LogP contribution in [0.2, 0.25) is 0 Å². The molecule has 0 aromatic heterocycles. The number of rotatable bonds is 8. The van der Waals surface area contributed by atoms with Gasteiger partial charge >= 0.3 is 5.97 Å². The van der Waals surface area contributed by atoms with Crippen molar-refractivity contribution in [2.75, 3.05) is 13.2 Å². The molecule has 0 spiro atoms. The fraction of sp³-hybridized carbons (Fsp3) is 0.235. The molecular formula is C17H18FNO5S. The van der Waals surface area contributed by atoms with Gasteiger partial charge < -0.3 is 9.84 Å². The monoisotopic (exact) mass is 367 g/mol. The molecule has 2 aromatic carbocycles. The van der Waals surface area contributed by atoms with E-state index in [9.17, 15) is 17.6 Å². The average molecular weight is 367 g/mol. The summed E-state index contributed by atoms with van der Waals surface area (Å²) in [5, 5.41) is 8.54. The highest BCUT2D eigenvalue weighted by molar-refractivity contribution is 7.89. The molecule has 2 N–H and O–H groups in total. The Morgan fingerprint density at radius 1 is 1.24 bits per heavy atom. The quantitative estimate of drug-likeness (QED) is 0.747. The third-order valence-electron chi connectivity index (χ3n) is 3.51. The second kappa shape index (κ2) is 8.09. The predicted octanol–water partition coefficient (Wildman–Crippen LogP) is 2.37. The highest BCUT2D eigenvalue weighted by Crippen LogP contribution is 2.23. The molecule has 0 saturated heterocycles. The lowest BCUT2D eigenvalue weighted by molar-refractivity contribution is -0.139. The average Bonchev–Trinajstić information content (AvgIpc) is 2.59. The molecule has 6 nitrogen and oxygen atoms in total. The summed E-state index contributed by atoms with van der Waals surface area (Å²) in [5.41, 5.74) is 0.566. The molecule has 0 aliphatic rings. The Hall–Kier alpha value is -2.45. The summed E-state index contributed by atoms with van der Waals surface area (Å²) >= 11 is 0. The summed E-state index contributed by atoms with van der Waals surface area (Å²) in [6, 6.07) is 12.1. The van der Waals surface area contributed by atoms with E-state index in [0.29, 0.717) is 5.56 Å². The molecule has 134 valence electrons. The molecule has 0 aliphatic heterocycles. The van der Waals surface area contributed by atoms with Gasteiger partial charge in [-0.3, -0.25) is 0 Å². The molecule has 25 heavy (non-hydrogen) atoms.